The molecule has 0 atom stereocenters. The second-order valence-electron chi connectivity index (χ2n) is 4.62. The van der Waals surface area contributed by atoms with Gasteiger partial charge < -0.3 is 4.90 Å². The number of hydrogen-bond acceptors (Lipinski definition) is 2. The van der Waals surface area contributed by atoms with Gasteiger partial charge in [-0.05, 0) is 13.1 Å². The number of aromatic amines is 1. The number of halogens is 2. The molecular weight excluding hydrogens is 269 g/mol. The molecule has 1 N–H and O–H groups in total. The van der Waals surface area contributed by atoms with Gasteiger partial charge in [-0.25, -0.2) is 0 Å². The molecule has 0 amide bonds. The molecule has 0 radical (unpaired) electrons. The predicted molar refractivity (Wildman–Crippen MR) is 74.1 cm³/mol. The molecule has 1 aromatic carbocycles. The van der Waals surface area contributed by atoms with E-state index in [0.717, 1.165) is 30.8 Å². The van der Waals surface area contributed by atoms with Gasteiger partial charge in [-0.1, -0.05) is 35.3 Å². The Morgan fingerprint density at radius 2 is 2.17 bits per heavy atom. The first-order valence-electron chi connectivity index (χ1n) is 5.86. The first kappa shape index (κ1) is 12.0. The summed E-state index contributed by atoms with van der Waals surface area (Å²) in [6.07, 6.45) is 0.997. The standard InChI is InChI=1S/C13H13Cl2N3/c1-18-6-5-11-9(7-18)13(17-16-11)8-3-2-4-10(14)12(8)15/h2-4H,5-7H2,1H3,(H,16,17). The number of rotatable bonds is 1. The molecule has 5 heteroatoms. The van der Waals surface area contributed by atoms with Gasteiger partial charge in [0.1, 0.15) is 0 Å². The molecule has 94 valence electrons. The maximum absolute atomic E-state index is 6.26. The number of fused-ring (bicyclic) bond motifs is 1. The first-order chi connectivity index (χ1) is 8.66. The van der Waals surface area contributed by atoms with E-state index in [-0.39, 0.29) is 0 Å². The number of nitrogens with one attached hydrogen (secondary N) is 1. The Morgan fingerprint density at radius 1 is 1.33 bits per heavy atom. The third-order valence-corrected chi connectivity index (χ3v) is 4.15. The van der Waals surface area contributed by atoms with Gasteiger partial charge in [0, 0.05) is 36.3 Å². The summed E-state index contributed by atoms with van der Waals surface area (Å²) in [7, 11) is 2.11. The van der Waals surface area contributed by atoms with Gasteiger partial charge in [0.15, 0.2) is 0 Å². The van der Waals surface area contributed by atoms with Crippen LogP contribution in [0, 0.1) is 0 Å². The van der Waals surface area contributed by atoms with Crippen molar-refractivity contribution < 1.29 is 0 Å². The van der Waals surface area contributed by atoms with E-state index >= 15 is 0 Å². The molecule has 1 aliphatic rings. The zero-order valence-electron chi connectivity index (χ0n) is 10.0. The summed E-state index contributed by atoms with van der Waals surface area (Å²) in [5.41, 5.74) is 4.26. The summed E-state index contributed by atoms with van der Waals surface area (Å²) in [6.45, 7) is 1.95. The van der Waals surface area contributed by atoms with Crippen LogP contribution in [0.2, 0.25) is 10.0 Å². The van der Waals surface area contributed by atoms with E-state index in [1.54, 1.807) is 6.07 Å². The summed E-state index contributed by atoms with van der Waals surface area (Å²) in [5, 5.41) is 8.66. The van der Waals surface area contributed by atoms with Crippen LogP contribution in [0.25, 0.3) is 11.3 Å². The molecule has 2 aromatic rings. The van der Waals surface area contributed by atoms with E-state index in [1.165, 1.54) is 11.3 Å². The molecular formula is C13H13Cl2N3. The number of nitrogens with zero attached hydrogens (tertiary/aromatic N) is 2. The lowest BCUT2D eigenvalue weighted by Crippen LogP contribution is -2.26. The lowest BCUT2D eigenvalue weighted by molar-refractivity contribution is 0.312. The van der Waals surface area contributed by atoms with E-state index in [1.807, 2.05) is 12.1 Å². The molecule has 0 spiro atoms. The summed E-state index contributed by atoms with van der Waals surface area (Å²) in [4.78, 5) is 2.28. The molecule has 0 saturated heterocycles. The number of hydrogen-bond donors (Lipinski definition) is 1. The summed E-state index contributed by atoms with van der Waals surface area (Å²) in [6, 6.07) is 5.65. The van der Waals surface area contributed by atoms with Crippen LogP contribution in [0.3, 0.4) is 0 Å². The molecule has 0 saturated carbocycles. The van der Waals surface area contributed by atoms with Crippen molar-refractivity contribution in [2.24, 2.45) is 0 Å². The summed E-state index contributed by atoms with van der Waals surface area (Å²) < 4.78 is 0. The molecule has 0 bridgehead atoms. The van der Waals surface area contributed by atoms with Crippen molar-refractivity contribution in [3.05, 3.63) is 39.5 Å². The quantitative estimate of drug-likeness (QED) is 0.869. The highest BCUT2D eigenvalue weighted by Crippen LogP contribution is 2.36. The molecule has 3 nitrogen and oxygen atoms in total. The van der Waals surface area contributed by atoms with Gasteiger partial charge >= 0.3 is 0 Å². The lowest BCUT2D eigenvalue weighted by atomic mass is 10.0. The van der Waals surface area contributed by atoms with E-state index in [9.17, 15) is 0 Å². The molecule has 0 fully saturated rings. The van der Waals surface area contributed by atoms with Crippen LogP contribution >= 0.6 is 23.2 Å². The van der Waals surface area contributed by atoms with E-state index in [2.05, 4.69) is 22.1 Å². The Kier molecular flexibility index (Phi) is 3.06. The molecule has 2 heterocycles. The fourth-order valence-electron chi connectivity index (χ4n) is 2.34. The number of H-pyrrole nitrogens is 1. The second kappa shape index (κ2) is 4.57. The number of benzene rings is 1. The van der Waals surface area contributed by atoms with Crippen molar-refractivity contribution in [2.45, 2.75) is 13.0 Å². The zero-order chi connectivity index (χ0) is 12.7. The highest BCUT2D eigenvalue weighted by molar-refractivity contribution is 6.43. The third-order valence-electron chi connectivity index (χ3n) is 3.33. The van der Waals surface area contributed by atoms with E-state index < -0.39 is 0 Å². The van der Waals surface area contributed by atoms with Gasteiger partial charge in [0.2, 0.25) is 0 Å². The summed E-state index contributed by atoms with van der Waals surface area (Å²) in [5.74, 6) is 0. The summed E-state index contributed by atoms with van der Waals surface area (Å²) >= 11 is 12.3. The highest BCUT2D eigenvalue weighted by Gasteiger charge is 2.22. The Morgan fingerprint density at radius 3 is 3.00 bits per heavy atom. The Labute approximate surface area is 116 Å². The predicted octanol–water partition coefficient (Wildman–Crippen LogP) is 3.37. The molecule has 1 aromatic heterocycles. The van der Waals surface area contributed by atoms with Gasteiger partial charge in [-0.2, -0.15) is 5.10 Å². The Balaban J connectivity index is 2.13. The largest absolute Gasteiger partial charge is 0.302 e. The molecule has 3 rings (SSSR count). The topological polar surface area (TPSA) is 31.9 Å². The van der Waals surface area contributed by atoms with Gasteiger partial charge in [0.25, 0.3) is 0 Å². The fraction of sp³-hybridized carbons (Fsp3) is 0.308. The molecule has 0 aliphatic carbocycles. The average molecular weight is 282 g/mol. The van der Waals surface area contributed by atoms with Crippen LogP contribution in [0.1, 0.15) is 11.3 Å². The zero-order valence-corrected chi connectivity index (χ0v) is 11.5. The van der Waals surface area contributed by atoms with Crippen LogP contribution in [-0.4, -0.2) is 28.7 Å². The van der Waals surface area contributed by atoms with Crippen LogP contribution in [0.4, 0.5) is 0 Å². The average Bonchev–Trinajstić information content (AvgIpc) is 2.75. The lowest BCUT2D eigenvalue weighted by Gasteiger charge is -2.22. The Hall–Kier alpha value is -1.03. The van der Waals surface area contributed by atoms with Crippen molar-refractivity contribution in [3.8, 4) is 11.3 Å². The first-order valence-corrected chi connectivity index (χ1v) is 6.61. The van der Waals surface area contributed by atoms with Crippen molar-refractivity contribution in [1.82, 2.24) is 15.1 Å². The van der Waals surface area contributed by atoms with Gasteiger partial charge in [-0.15, -0.1) is 0 Å². The van der Waals surface area contributed by atoms with Crippen LogP contribution in [-0.2, 0) is 13.0 Å². The molecule has 18 heavy (non-hydrogen) atoms. The smallest absolute Gasteiger partial charge is 0.0984 e. The fourth-order valence-corrected chi connectivity index (χ4v) is 2.73. The highest BCUT2D eigenvalue weighted by atomic mass is 35.5. The van der Waals surface area contributed by atoms with Gasteiger partial charge in [0.05, 0.1) is 15.7 Å². The van der Waals surface area contributed by atoms with Crippen LogP contribution in [0.5, 0.6) is 0 Å². The minimum Gasteiger partial charge on any atom is -0.302 e. The minimum atomic E-state index is 0.565. The van der Waals surface area contributed by atoms with Crippen molar-refractivity contribution >= 4 is 23.2 Å². The molecule has 0 unspecified atom stereocenters. The monoisotopic (exact) mass is 281 g/mol. The van der Waals surface area contributed by atoms with Crippen LogP contribution < -0.4 is 0 Å². The number of likely N-dealkylation sites (N-methyl/N-ethyl adjacent to an activating group) is 1. The normalized spacial score (nSPS) is 15.7. The second-order valence-corrected chi connectivity index (χ2v) is 5.40. The maximum atomic E-state index is 6.26. The Bertz CT molecular complexity index is 592. The van der Waals surface area contributed by atoms with E-state index in [4.69, 9.17) is 23.2 Å². The van der Waals surface area contributed by atoms with E-state index in [0.29, 0.717) is 10.0 Å². The van der Waals surface area contributed by atoms with Crippen molar-refractivity contribution in [2.75, 3.05) is 13.6 Å². The maximum Gasteiger partial charge on any atom is 0.0984 e. The van der Waals surface area contributed by atoms with Crippen LogP contribution in [0.15, 0.2) is 18.2 Å². The van der Waals surface area contributed by atoms with Crippen molar-refractivity contribution in [1.29, 1.82) is 0 Å². The third kappa shape index (κ3) is 1.92. The number of aromatic nitrogens is 2. The SMILES string of the molecule is CN1CCc2[nH]nc(-c3cccc(Cl)c3Cl)c2C1. The minimum absolute atomic E-state index is 0.565. The van der Waals surface area contributed by atoms with Gasteiger partial charge in [-0.3, -0.25) is 5.10 Å². The van der Waals surface area contributed by atoms with Crippen molar-refractivity contribution in [3.63, 3.8) is 0 Å². The molecule has 1 aliphatic heterocycles.